The van der Waals surface area contributed by atoms with Gasteiger partial charge in [-0.2, -0.15) is 0 Å². The van der Waals surface area contributed by atoms with E-state index >= 15 is 0 Å². The molecule has 0 N–H and O–H groups in total. The number of anilines is 3. The zero-order valence-electron chi connectivity index (χ0n) is 32.7. The van der Waals surface area contributed by atoms with E-state index in [9.17, 15) is 0 Å². The van der Waals surface area contributed by atoms with Crippen LogP contribution < -0.4 is 4.90 Å². The van der Waals surface area contributed by atoms with Crippen LogP contribution in [-0.2, 0) is 0 Å². The molecule has 0 amide bonds. The summed E-state index contributed by atoms with van der Waals surface area (Å²) in [5, 5.41) is 12.4. The fourth-order valence-electron chi connectivity index (χ4n) is 9.37. The highest BCUT2D eigenvalue weighted by Gasteiger charge is 2.20. The van der Waals surface area contributed by atoms with Crippen LogP contribution in [0.15, 0.2) is 229 Å². The van der Waals surface area contributed by atoms with Gasteiger partial charge in [0.25, 0.3) is 0 Å². The lowest BCUT2D eigenvalue weighted by Gasteiger charge is -2.26. The Morgan fingerprint density at radius 3 is 1.47 bits per heavy atom. The average Bonchev–Trinajstić information content (AvgIpc) is 3.71. The maximum absolute atomic E-state index is 6.64. The molecule has 1 aromatic heterocycles. The number of benzene rings is 11. The maximum Gasteiger partial charge on any atom is 0.159 e. The minimum Gasteiger partial charge on any atom is -0.454 e. The Kier molecular flexibility index (Phi) is 7.89. The van der Waals surface area contributed by atoms with E-state index in [1.165, 1.54) is 70.9 Å². The fraction of sp³-hybridized carbons (Fsp3) is 0. The molecule has 0 bridgehead atoms. The van der Waals surface area contributed by atoms with Gasteiger partial charge < -0.3 is 9.32 Å². The molecule has 0 saturated heterocycles. The first-order valence-electron chi connectivity index (χ1n) is 20.6. The smallest absolute Gasteiger partial charge is 0.159 e. The Morgan fingerprint density at radius 2 is 0.767 bits per heavy atom. The molecular weight excluding hydrogens is 727 g/mol. The predicted molar refractivity (Wildman–Crippen MR) is 255 cm³/mol. The number of hydrogen-bond donors (Lipinski definition) is 0. The molecule has 280 valence electrons. The summed E-state index contributed by atoms with van der Waals surface area (Å²) >= 11 is 0. The van der Waals surface area contributed by atoms with E-state index in [0.717, 1.165) is 44.6 Å². The van der Waals surface area contributed by atoms with Crippen molar-refractivity contribution in [3.8, 4) is 33.4 Å². The van der Waals surface area contributed by atoms with Gasteiger partial charge in [-0.05, 0) is 125 Å². The molecule has 11 aromatic carbocycles. The topological polar surface area (TPSA) is 16.4 Å². The van der Waals surface area contributed by atoms with Crippen molar-refractivity contribution in [2.75, 3.05) is 4.90 Å². The van der Waals surface area contributed by atoms with E-state index in [1.54, 1.807) is 0 Å². The summed E-state index contributed by atoms with van der Waals surface area (Å²) < 4.78 is 6.64. The van der Waals surface area contributed by atoms with Gasteiger partial charge in [-0.3, -0.25) is 0 Å². The molecular formula is C58H37NO. The summed E-state index contributed by atoms with van der Waals surface area (Å²) in [5.74, 6) is 0. The van der Waals surface area contributed by atoms with Crippen molar-refractivity contribution in [1.29, 1.82) is 0 Å². The second-order valence-electron chi connectivity index (χ2n) is 15.6. The second-order valence-corrected chi connectivity index (χ2v) is 15.6. The summed E-state index contributed by atoms with van der Waals surface area (Å²) in [5.41, 5.74) is 12.0. The largest absolute Gasteiger partial charge is 0.454 e. The summed E-state index contributed by atoms with van der Waals surface area (Å²) in [6, 6.07) is 81.1. The summed E-state index contributed by atoms with van der Waals surface area (Å²) in [6.07, 6.45) is 0. The summed E-state index contributed by atoms with van der Waals surface area (Å²) in [7, 11) is 0. The molecule has 12 rings (SSSR count). The van der Waals surface area contributed by atoms with Gasteiger partial charge in [0.05, 0.1) is 5.69 Å². The summed E-state index contributed by atoms with van der Waals surface area (Å²) in [6.45, 7) is 0. The third-order valence-electron chi connectivity index (χ3n) is 12.2. The highest BCUT2D eigenvalue weighted by atomic mass is 16.3. The number of hydrogen-bond acceptors (Lipinski definition) is 2. The van der Waals surface area contributed by atoms with Crippen LogP contribution in [0.1, 0.15) is 0 Å². The van der Waals surface area contributed by atoms with E-state index in [0.29, 0.717) is 0 Å². The summed E-state index contributed by atoms with van der Waals surface area (Å²) in [4.78, 5) is 2.32. The zero-order chi connectivity index (χ0) is 39.6. The monoisotopic (exact) mass is 763 g/mol. The number of fused-ring (bicyclic) bond motifs is 10. The third kappa shape index (κ3) is 5.57. The van der Waals surface area contributed by atoms with Crippen molar-refractivity contribution in [3.05, 3.63) is 224 Å². The molecule has 2 heteroatoms. The second kappa shape index (κ2) is 13.9. The van der Waals surface area contributed by atoms with Crippen molar-refractivity contribution < 1.29 is 4.42 Å². The van der Waals surface area contributed by atoms with Gasteiger partial charge in [0.15, 0.2) is 5.58 Å². The minimum absolute atomic E-state index is 0.864. The van der Waals surface area contributed by atoms with Gasteiger partial charge >= 0.3 is 0 Å². The quantitative estimate of drug-likeness (QED) is 0.157. The number of nitrogens with zero attached hydrogens (tertiary/aromatic N) is 1. The van der Waals surface area contributed by atoms with Gasteiger partial charge in [-0.25, -0.2) is 0 Å². The van der Waals surface area contributed by atoms with Crippen molar-refractivity contribution in [2.24, 2.45) is 0 Å². The lowest BCUT2D eigenvalue weighted by molar-refractivity contribution is 0.669. The lowest BCUT2D eigenvalue weighted by Crippen LogP contribution is -2.10. The van der Waals surface area contributed by atoms with E-state index in [4.69, 9.17) is 4.42 Å². The van der Waals surface area contributed by atoms with Crippen molar-refractivity contribution in [3.63, 3.8) is 0 Å². The highest BCUT2D eigenvalue weighted by Crippen LogP contribution is 2.44. The van der Waals surface area contributed by atoms with Gasteiger partial charge in [-0.1, -0.05) is 176 Å². The molecule has 0 atom stereocenters. The number of furan rings is 1. The Labute approximate surface area is 347 Å². The molecule has 0 aliphatic rings. The van der Waals surface area contributed by atoms with Crippen molar-refractivity contribution in [1.82, 2.24) is 0 Å². The van der Waals surface area contributed by atoms with Gasteiger partial charge in [0, 0.05) is 22.1 Å². The van der Waals surface area contributed by atoms with E-state index in [-0.39, 0.29) is 0 Å². The number of rotatable bonds is 6. The first-order valence-corrected chi connectivity index (χ1v) is 20.6. The van der Waals surface area contributed by atoms with Gasteiger partial charge in [0.1, 0.15) is 5.58 Å². The zero-order valence-corrected chi connectivity index (χ0v) is 32.7. The molecule has 0 unspecified atom stereocenters. The SMILES string of the molecule is c1cc(-c2ccc(N(c3ccc(-c4ccc5c6ccccc6c6ccccc6c5c4)cc3)c3cccc4c3oc3ccccc34)cc2)cc(-c2cccc3ccccc23)c1. The maximum atomic E-state index is 6.64. The Morgan fingerprint density at radius 1 is 0.283 bits per heavy atom. The van der Waals surface area contributed by atoms with Gasteiger partial charge in [-0.15, -0.1) is 0 Å². The standard InChI is InChI=1S/C58H37NO/c1-2-16-46-40(12-1)13-10-22-47(46)43-15-9-14-41(36-43)38-26-31-44(32-27-38)59(56-24-11-23-54-53-21-7-8-25-57(53)60-58(54)56)45-33-28-39(29-34-45)42-30-35-52-50-19-4-3-17-48(50)49-18-5-6-20-51(49)55(52)37-42/h1-37H. The first kappa shape index (κ1) is 34.1. The van der Waals surface area contributed by atoms with Crippen molar-refractivity contribution in [2.45, 2.75) is 0 Å². The molecule has 12 aromatic rings. The van der Waals surface area contributed by atoms with Crippen molar-refractivity contribution >= 4 is 82.1 Å². The molecule has 0 spiro atoms. The van der Waals surface area contributed by atoms with Crippen LogP contribution in [0.5, 0.6) is 0 Å². The average molecular weight is 764 g/mol. The third-order valence-corrected chi connectivity index (χ3v) is 12.2. The molecule has 0 aliphatic carbocycles. The molecule has 0 radical (unpaired) electrons. The Bertz CT molecular complexity index is 3560. The number of para-hydroxylation sites is 2. The van der Waals surface area contributed by atoms with Crippen LogP contribution in [0.3, 0.4) is 0 Å². The molecule has 0 fully saturated rings. The molecule has 1 heterocycles. The van der Waals surface area contributed by atoms with Crippen LogP contribution in [0.2, 0.25) is 0 Å². The van der Waals surface area contributed by atoms with Gasteiger partial charge in [0.2, 0.25) is 0 Å². The highest BCUT2D eigenvalue weighted by molar-refractivity contribution is 6.25. The van der Waals surface area contributed by atoms with Crippen LogP contribution in [0, 0.1) is 0 Å². The normalized spacial score (nSPS) is 11.7. The molecule has 0 saturated carbocycles. The molecule has 60 heavy (non-hydrogen) atoms. The fourth-order valence-corrected chi connectivity index (χ4v) is 9.37. The minimum atomic E-state index is 0.864. The molecule has 2 nitrogen and oxygen atoms in total. The van der Waals surface area contributed by atoms with E-state index in [2.05, 4.69) is 223 Å². The Balaban J connectivity index is 0.961. The van der Waals surface area contributed by atoms with Crippen LogP contribution >= 0.6 is 0 Å². The Hall–Kier alpha value is -7.94. The van der Waals surface area contributed by atoms with E-state index < -0.39 is 0 Å². The molecule has 0 aliphatic heterocycles. The van der Waals surface area contributed by atoms with Crippen LogP contribution in [-0.4, -0.2) is 0 Å². The lowest BCUT2D eigenvalue weighted by atomic mass is 9.92. The van der Waals surface area contributed by atoms with E-state index in [1.807, 2.05) is 6.07 Å². The first-order chi connectivity index (χ1) is 29.7. The van der Waals surface area contributed by atoms with Crippen LogP contribution in [0.25, 0.3) is 98.4 Å². The predicted octanol–water partition coefficient (Wildman–Crippen LogP) is 16.7. The van der Waals surface area contributed by atoms with Crippen LogP contribution in [0.4, 0.5) is 17.1 Å².